The summed E-state index contributed by atoms with van der Waals surface area (Å²) in [6.07, 6.45) is 0. The second-order valence-electron chi connectivity index (χ2n) is 6.25. The Morgan fingerprint density at radius 2 is 1.69 bits per heavy atom. The normalized spacial score (nSPS) is 10.8. The Bertz CT molecular complexity index is 1010. The highest BCUT2D eigenvalue weighted by atomic mass is 35.5. The molecule has 1 heterocycles. The molecule has 0 aliphatic rings. The average molecular weight is 419 g/mol. The van der Waals surface area contributed by atoms with Gasteiger partial charge >= 0.3 is 0 Å². The Kier molecular flexibility index (Phi) is 6.51. The number of hydrogen-bond donors (Lipinski definition) is 1. The van der Waals surface area contributed by atoms with Gasteiger partial charge in [-0.15, -0.1) is 0 Å². The van der Waals surface area contributed by atoms with Crippen molar-refractivity contribution in [1.29, 1.82) is 0 Å². The molecule has 154 valence electrons. The van der Waals surface area contributed by atoms with Crippen LogP contribution >= 0.6 is 11.6 Å². The first-order valence-electron chi connectivity index (χ1n) is 8.91. The van der Waals surface area contributed by atoms with Crippen molar-refractivity contribution >= 4 is 34.1 Å². The minimum Gasteiger partial charge on any atom is -0.493 e. The fourth-order valence-corrected chi connectivity index (χ4v) is 3.38. The number of methoxy groups -OCH3 is 4. The Balaban J connectivity index is 1.99. The fourth-order valence-electron chi connectivity index (χ4n) is 3.20. The zero-order chi connectivity index (χ0) is 21.0. The molecular weight excluding hydrogens is 396 g/mol. The van der Waals surface area contributed by atoms with Gasteiger partial charge in [-0.3, -0.25) is 4.79 Å². The van der Waals surface area contributed by atoms with Crippen molar-refractivity contribution in [3.05, 3.63) is 47.1 Å². The number of halogens is 1. The second-order valence-corrected chi connectivity index (χ2v) is 6.68. The van der Waals surface area contributed by atoms with Crippen molar-refractivity contribution < 1.29 is 23.7 Å². The first kappa shape index (κ1) is 20.8. The van der Waals surface area contributed by atoms with Crippen LogP contribution in [0.1, 0.15) is 10.5 Å². The summed E-state index contributed by atoms with van der Waals surface area (Å²) in [6.45, 7) is 0.997. The molecule has 3 aromatic rings. The van der Waals surface area contributed by atoms with Crippen LogP contribution in [0.25, 0.3) is 10.9 Å². The van der Waals surface area contributed by atoms with Crippen molar-refractivity contribution in [3.8, 4) is 17.2 Å². The van der Waals surface area contributed by atoms with Crippen LogP contribution in [-0.4, -0.2) is 45.5 Å². The first-order chi connectivity index (χ1) is 14.0. The third-order valence-electron chi connectivity index (χ3n) is 4.54. The summed E-state index contributed by atoms with van der Waals surface area (Å²) in [7, 11) is 6.20. The molecule has 29 heavy (non-hydrogen) atoms. The Morgan fingerprint density at radius 3 is 2.28 bits per heavy atom. The molecule has 0 atom stereocenters. The number of nitrogens with zero attached hydrogens (tertiary/aromatic N) is 1. The molecule has 1 amide bonds. The van der Waals surface area contributed by atoms with E-state index in [1.807, 2.05) is 22.8 Å². The molecule has 0 spiro atoms. The summed E-state index contributed by atoms with van der Waals surface area (Å²) in [4.78, 5) is 13.1. The maximum absolute atomic E-state index is 13.1. The van der Waals surface area contributed by atoms with Crippen LogP contribution in [0, 0.1) is 0 Å². The van der Waals surface area contributed by atoms with E-state index in [1.165, 1.54) is 21.3 Å². The Labute approximate surface area is 174 Å². The number of fused-ring (bicyclic) bond motifs is 1. The monoisotopic (exact) mass is 418 g/mol. The molecule has 0 saturated carbocycles. The van der Waals surface area contributed by atoms with Crippen LogP contribution in [0.3, 0.4) is 0 Å². The lowest BCUT2D eigenvalue weighted by Gasteiger charge is -2.15. The lowest BCUT2D eigenvalue weighted by molar-refractivity contribution is 0.101. The molecule has 2 aromatic carbocycles. The van der Waals surface area contributed by atoms with Crippen LogP contribution in [0.4, 0.5) is 5.69 Å². The van der Waals surface area contributed by atoms with Crippen molar-refractivity contribution in [2.24, 2.45) is 0 Å². The number of rotatable bonds is 8. The van der Waals surface area contributed by atoms with Gasteiger partial charge in [0.15, 0.2) is 11.5 Å². The van der Waals surface area contributed by atoms with E-state index in [4.69, 9.17) is 30.5 Å². The standard InChI is InChI=1S/C21H23ClN2O5/c1-26-8-7-24-16-6-5-14(22)9-13(16)10-17(24)21(25)23-15-11-18(27-2)20(29-4)19(12-15)28-3/h5-6,9-12H,7-8H2,1-4H3,(H,23,25). The third-order valence-corrected chi connectivity index (χ3v) is 4.77. The quantitative estimate of drug-likeness (QED) is 0.593. The maximum Gasteiger partial charge on any atom is 0.272 e. The number of aromatic nitrogens is 1. The number of amides is 1. The molecule has 0 fully saturated rings. The average Bonchev–Trinajstić information content (AvgIpc) is 3.08. The van der Waals surface area contributed by atoms with Crippen LogP contribution in [-0.2, 0) is 11.3 Å². The van der Waals surface area contributed by atoms with E-state index in [0.717, 1.165) is 10.9 Å². The molecule has 7 nitrogen and oxygen atoms in total. The third kappa shape index (κ3) is 4.26. The van der Waals surface area contributed by atoms with Gasteiger partial charge in [0.05, 0.1) is 27.9 Å². The lowest BCUT2D eigenvalue weighted by atomic mass is 10.2. The van der Waals surface area contributed by atoms with E-state index in [2.05, 4.69) is 5.32 Å². The van der Waals surface area contributed by atoms with Crippen LogP contribution in [0.5, 0.6) is 17.2 Å². The van der Waals surface area contributed by atoms with E-state index in [0.29, 0.717) is 46.8 Å². The second kappa shape index (κ2) is 9.07. The van der Waals surface area contributed by atoms with E-state index in [9.17, 15) is 4.79 Å². The number of hydrogen-bond acceptors (Lipinski definition) is 5. The van der Waals surface area contributed by atoms with Crippen molar-refractivity contribution in [1.82, 2.24) is 4.57 Å². The molecule has 0 aliphatic heterocycles. The van der Waals surface area contributed by atoms with E-state index in [1.54, 1.807) is 25.3 Å². The van der Waals surface area contributed by atoms with Gasteiger partial charge in [0.2, 0.25) is 5.75 Å². The van der Waals surface area contributed by atoms with Crippen LogP contribution in [0.2, 0.25) is 5.02 Å². The molecular formula is C21H23ClN2O5. The van der Waals surface area contributed by atoms with Gasteiger partial charge in [-0.05, 0) is 24.3 Å². The number of anilines is 1. The molecule has 1 N–H and O–H groups in total. The zero-order valence-corrected chi connectivity index (χ0v) is 17.5. The maximum atomic E-state index is 13.1. The largest absolute Gasteiger partial charge is 0.493 e. The number of carbonyl (C=O) groups is 1. The number of ether oxygens (including phenoxy) is 4. The molecule has 8 heteroatoms. The highest BCUT2D eigenvalue weighted by molar-refractivity contribution is 6.31. The molecule has 1 aromatic heterocycles. The summed E-state index contributed by atoms with van der Waals surface area (Å²) < 4.78 is 23.1. The number of carbonyl (C=O) groups excluding carboxylic acids is 1. The van der Waals surface area contributed by atoms with Gasteiger partial charge < -0.3 is 28.8 Å². The van der Waals surface area contributed by atoms with E-state index >= 15 is 0 Å². The van der Waals surface area contributed by atoms with Gasteiger partial charge in [0.1, 0.15) is 5.69 Å². The van der Waals surface area contributed by atoms with E-state index in [-0.39, 0.29) is 5.91 Å². The Hall–Kier alpha value is -2.90. The van der Waals surface area contributed by atoms with Crippen molar-refractivity contribution in [2.75, 3.05) is 40.4 Å². The van der Waals surface area contributed by atoms with Crippen LogP contribution < -0.4 is 19.5 Å². The smallest absolute Gasteiger partial charge is 0.272 e. The SMILES string of the molecule is COCCn1c(C(=O)Nc2cc(OC)c(OC)c(OC)c2)cc2cc(Cl)ccc21. The number of benzene rings is 2. The molecule has 3 rings (SSSR count). The Morgan fingerprint density at radius 1 is 1.00 bits per heavy atom. The van der Waals surface area contributed by atoms with Gasteiger partial charge in [-0.25, -0.2) is 0 Å². The predicted octanol–water partition coefficient (Wildman–Crippen LogP) is 4.22. The summed E-state index contributed by atoms with van der Waals surface area (Å²) in [5, 5.41) is 4.39. The first-order valence-corrected chi connectivity index (χ1v) is 9.29. The summed E-state index contributed by atoms with van der Waals surface area (Å²) >= 11 is 6.12. The molecule has 0 saturated heterocycles. The van der Waals surface area contributed by atoms with Gasteiger partial charge in [0, 0.05) is 47.4 Å². The topological polar surface area (TPSA) is 71.0 Å². The van der Waals surface area contributed by atoms with Gasteiger partial charge in [-0.2, -0.15) is 0 Å². The number of nitrogens with one attached hydrogen (secondary N) is 1. The van der Waals surface area contributed by atoms with Crippen molar-refractivity contribution in [2.45, 2.75) is 6.54 Å². The van der Waals surface area contributed by atoms with Gasteiger partial charge in [0.25, 0.3) is 5.91 Å². The zero-order valence-electron chi connectivity index (χ0n) is 16.7. The van der Waals surface area contributed by atoms with Crippen molar-refractivity contribution in [3.63, 3.8) is 0 Å². The highest BCUT2D eigenvalue weighted by Crippen LogP contribution is 2.40. The molecule has 0 radical (unpaired) electrons. The highest BCUT2D eigenvalue weighted by Gasteiger charge is 2.19. The molecule has 0 unspecified atom stereocenters. The molecule has 0 aliphatic carbocycles. The predicted molar refractivity (Wildman–Crippen MR) is 113 cm³/mol. The molecule has 0 bridgehead atoms. The summed E-state index contributed by atoms with van der Waals surface area (Å²) in [6, 6.07) is 10.7. The summed E-state index contributed by atoms with van der Waals surface area (Å²) in [5.41, 5.74) is 1.92. The lowest BCUT2D eigenvalue weighted by Crippen LogP contribution is -2.18. The van der Waals surface area contributed by atoms with Crippen LogP contribution in [0.15, 0.2) is 36.4 Å². The van der Waals surface area contributed by atoms with E-state index < -0.39 is 0 Å². The summed E-state index contributed by atoms with van der Waals surface area (Å²) in [5.74, 6) is 1.09. The fraction of sp³-hybridized carbons (Fsp3) is 0.286. The van der Waals surface area contributed by atoms with Gasteiger partial charge in [-0.1, -0.05) is 11.6 Å². The minimum absolute atomic E-state index is 0.275. The minimum atomic E-state index is -0.275.